The molecule has 0 nitrogen and oxygen atoms in total. The van der Waals surface area contributed by atoms with Crippen LogP contribution in [-0.4, -0.2) is 0 Å². The van der Waals surface area contributed by atoms with Crippen LogP contribution < -0.4 is 0 Å². The molecule has 0 heterocycles. The number of hydrogen-bond donors (Lipinski definition) is 0. The summed E-state index contributed by atoms with van der Waals surface area (Å²) in [6.45, 7) is 5.95. The Labute approximate surface area is 101 Å². The van der Waals surface area contributed by atoms with Crippen molar-refractivity contribution in [3.05, 3.63) is 36.5 Å². The van der Waals surface area contributed by atoms with Crippen molar-refractivity contribution in [3.63, 3.8) is 0 Å². The zero-order valence-electron chi connectivity index (χ0n) is 10.8. The van der Waals surface area contributed by atoms with Gasteiger partial charge in [-0.25, -0.2) is 0 Å². The highest BCUT2D eigenvalue weighted by Gasteiger charge is 2.12. The number of rotatable bonds is 6. The van der Waals surface area contributed by atoms with Crippen molar-refractivity contribution in [2.45, 2.75) is 58.3 Å². The van der Waals surface area contributed by atoms with Crippen molar-refractivity contribution in [1.82, 2.24) is 0 Å². The van der Waals surface area contributed by atoms with Crippen molar-refractivity contribution in [3.8, 4) is 0 Å². The zero-order chi connectivity index (χ0) is 11.6. The van der Waals surface area contributed by atoms with Gasteiger partial charge in [-0.15, -0.1) is 0 Å². The van der Waals surface area contributed by atoms with Gasteiger partial charge >= 0.3 is 0 Å². The molecule has 0 aliphatic heterocycles. The maximum atomic E-state index is 3.69. The van der Waals surface area contributed by atoms with Gasteiger partial charge in [0.25, 0.3) is 0 Å². The smallest absolute Gasteiger partial charge is 0.0315 e. The molecular formula is C16H26. The molecule has 0 N–H and O–H groups in total. The fourth-order valence-electron chi connectivity index (χ4n) is 2.51. The van der Waals surface area contributed by atoms with Crippen LogP contribution in [-0.2, 0) is 0 Å². The van der Waals surface area contributed by atoms with E-state index in [2.05, 4.69) is 25.7 Å². The third kappa shape index (κ3) is 5.34. The highest BCUT2D eigenvalue weighted by molar-refractivity contribution is 5.15. The van der Waals surface area contributed by atoms with Gasteiger partial charge in [-0.2, -0.15) is 0 Å². The molecule has 0 amide bonds. The molecule has 16 heavy (non-hydrogen) atoms. The van der Waals surface area contributed by atoms with Gasteiger partial charge in [-0.1, -0.05) is 75.5 Å². The first-order valence-corrected chi connectivity index (χ1v) is 6.84. The molecule has 0 unspecified atom stereocenters. The Morgan fingerprint density at radius 1 is 1.19 bits per heavy atom. The van der Waals surface area contributed by atoms with E-state index in [1.54, 1.807) is 5.57 Å². The minimum atomic E-state index is 1.01. The van der Waals surface area contributed by atoms with Crippen molar-refractivity contribution in [2.24, 2.45) is 5.92 Å². The largest absolute Gasteiger partial charge is 0.0991 e. The molecule has 1 fully saturated rings. The Kier molecular flexibility index (Phi) is 6.96. The van der Waals surface area contributed by atoms with Crippen LogP contribution in [0, 0.1) is 5.92 Å². The van der Waals surface area contributed by atoms with Crippen molar-refractivity contribution >= 4 is 0 Å². The van der Waals surface area contributed by atoms with E-state index in [1.165, 1.54) is 51.4 Å². The van der Waals surface area contributed by atoms with Gasteiger partial charge in [0, 0.05) is 0 Å². The van der Waals surface area contributed by atoms with Crippen LogP contribution in [0.5, 0.6) is 0 Å². The highest BCUT2D eigenvalue weighted by atomic mass is 14.2. The molecule has 0 saturated heterocycles. The summed E-state index contributed by atoms with van der Waals surface area (Å²) in [4.78, 5) is 0. The first-order chi connectivity index (χ1) is 7.86. The maximum Gasteiger partial charge on any atom is -0.0315 e. The highest BCUT2D eigenvalue weighted by Crippen LogP contribution is 2.28. The van der Waals surface area contributed by atoms with Gasteiger partial charge in [0.05, 0.1) is 0 Å². The molecule has 1 rings (SSSR count). The first-order valence-electron chi connectivity index (χ1n) is 6.84. The quantitative estimate of drug-likeness (QED) is 0.522. The molecule has 0 aromatic heterocycles. The van der Waals surface area contributed by atoms with Crippen LogP contribution in [0.3, 0.4) is 0 Å². The second-order valence-corrected chi connectivity index (χ2v) is 4.84. The van der Waals surface area contributed by atoms with Crippen molar-refractivity contribution in [1.29, 1.82) is 0 Å². The van der Waals surface area contributed by atoms with Gasteiger partial charge in [-0.3, -0.25) is 0 Å². The van der Waals surface area contributed by atoms with Gasteiger partial charge in [0.15, 0.2) is 0 Å². The lowest BCUT2D eigenvalue weighted by molar-refractivity contribution is 0.338. The van der Waals surface area contributed by atoms with Gasteiger partial charge < -0.3 is 0 Å². The minimum Gasteiger partial charge on any atom is -0.0991 e. The van der Waals surface area contributed by atoms with Gasteiger partial charge in [-0.05, 0) is 25.2 Å². The predicted octanol–water partition coefficient (Wildman–Crippen LogP) is 5.43. The lowest BCUT2D eigenvalue weighted by Crippen LogP contribution is -2.06. The molecule has 0 spiro atoms. The Morgan fingerprint density at radius 2 is 1.94 bits per heavy atom. The Bertz CT molecular complexity index is 239. The summed E-state index contributed by atoms with van der Waals surface area (Å²) in [6, 6.07) is 0. The number of hydrogen-bond acceptors (Lipinski definition) is 0. The van der Waals surface area contributed by atoms with Crippen molar-refractivity contribution < 1.29 is 0 Å². The van der Waals surface area contributed by atoms with E-state index in [1.807, 2.05) is 12.2 Å². The molecule has 90 valence electrons. The normalized spacial score (nSPS) is 19.2. The van der Waals surface area contributed by atoms with E-state index in [0.29, 0.717) is 0 Å². The summed E-state index contributed by atoms with van der Waals surface area (Å²) >= 11 is 0. The molecule has 0 radical (unpaired) electrons. The predicted molar refractivity (Wildman–Crippen MR) is 73.5 cm³/mol. The van der Waals surface area contributed by atoms with Gasteiger partial charge in [0.2, 0.25) is 0 Å². The third-order valence-corrected chi connectivity index (χ3v) is 3.63. The first kappa shape index (κ1) is 13.3. The zero-order valence-corrected chi connectivity index (χ0v) is 10.8. The summed E-state index contributed by atoms with van der Waals surface area (Å²) in [5.41, 5.74) is 1.59. The summed E-state index contributed by atoms with van der Waals surface area (Å²) in [6.07, 6.45) is 19.5. The summed E-state index contributed by atoms with van der Waals surface area (Å²) in [7, 11) is 0. The summed E-state index contributed by atoms with van der Waals surface area (Å²) in [5.74, 6) is 1.01. The minimum absolute atomic E-state index is 1.01. The Balaban J connectivity index is 2.29. The Hall–Kier alpha value is -0.780. The molecule has 0 bridgehead atoms. The van der Waals surface area contributed by atoms with Crippen LogP contribution >= 0.6 is 0 Å². The average molecular weight is 218 g/mol. The fourth-order valence-corrected chi connectivity index (χ4v) is 2.51. The van der Waals surface area contributed by atoms with E-state index in [4.69, 9.17) is 0 Å². The van der Waals surface area contributed by atoms with Crippen LogP contribution in [0.2, 0.25) is 0 Å². The molecule has 0 atom stereocenters. The second-order valence-electron chi connectivity index (χ2n) is 4.84. The van der Waals surface area contributed by atoms with E-state index < -0.39 is 0 Å². The monoisotopic (exact) mass is 218 g/mol. The van der Waals surface area contributed by atoms with E-state index in [0.717, 1.165) is 5.92 Å². The third-order valence-electron chi connectivity index (χ3n) is 3.63. The molecule has 0 aromatic rings. The van der Waals surface area contributed by atoms with Crippen LogP contribution in [0.4, 0.5) is 0 Å². The van der Waals surface area contributed by atoms with E-state index in [-0.39, 0.29) is 0 Å². The molecule has 1 aliphatic carbocycles. The van der Waals surface area contributed by atoms with Crippen LogP contribution in [0.25, 0.3) is 0 Å². The topological polar surface area (TPSA) is 0 Å². The molecule has 0 aromatic carbocycles. The van der Waals surface area contributed by atoms with Crippen LogP contribution in [0.15, 0.2) is 36.5 Å². The second kappa shape index (κ2) is 8.38. The SMILES string of the molecule is C=C/C=C\C=C(\CC)CCC1CCCCC1. The van der Waals surface area contributed by atoms with Crippen molar-refractivity contribution in [2.75, 3.05) is 0 Å². The lowest BCUT2D eigenvalue weighted by atomic mass is 9.85. The molecule has 1 aliphatic rings. The molecular weight excluding hydrogens is 192 g/mol. The average Bonchev–Trinajstić information content (AvgIpc) is 2.35. The molecule has 1 saturated carbocycles. The Morgan fingerprint density at radius 3 is 2.56 bits per heavy atom. The summed E-state index contributed by atoms with van der Waals surface area (Å²) < 4.78 is 0. The lowest BCUT2D eigenvalue weighted by Gasteiger charge is -2.21. The summed E-state index contributed by atoms with van der Waals surface area (Å²) in [5, 5.41) is 0. The number of allylic oxidation sites excluding steroid dienone is 5. The standard InChI is InChI=1S/C16H26/c1-3-5-7-10-15(4-2)13-14-16-11-8-6-9-12-16/h3,5,7,10,16H,1,4,6,8-9,11-14H2,2H3/b7-5-,15-10-. The van der Waals surface area contributed by atoms with E-state index >= 15 is 0 Å². The fraction of sp³-hybridized carbons (Fsp3) is 0.625. The molecule has 0 heteroatoms. The van der Waals surface area contributed by atoms with E-state index in [9.17, 15) is 0 Å². The van der Waals surface area contributed by atoms with Gasteiger partial charge in [0.1, 0.15) is 0 Å². The van der Waals surface area contributed by atoms with Crippen LogP contribution in [0.1, 0.15) is 58.3 Å². The maximum absolute atomic E-state index is 3.69.